The Bertz CT molecular complexity index is 717. The number of ether oxygens (including phenoxy) is 2. The van der Waals surface area contributed by atoms with Crippen molar-refractivity contribution in [2.24, 2.45) is 0 Å². The first-order valence-electron chi connectivity index (χ1n) is 8.14. The number of rotatable bonds is 5. The van der Waals surface area contributed by atoms with Gasteiger partial charge in [-0.15, -0.1) is 0 Å². The molecular formula is C17H20FN3O4. The summed E-state index contributed by atoms with van der Waals surface area (Å²) in [6.07, 6.45) is -0.297. The first-order valence-corrected chi connectivity index (χ1v) is 8.14. The monoisotopic (exact) mass is 349 g/mol. The van der Waals surface area contributed by atoms with Crippen molar-refractivity contribution in [1.82, 2.24) is 15.0 Å². The van der Waals surface area contributed by atoms with Crippen molar-refractivity contribution in [3.05, 3.63) is 41.5 Å². The standard InChI is InChI=1S/C17H20FN3O4/c1-11(2)16-19-17(25-20-16)24-10-15(22)21-7-8-23-14(9-21)12-3-5-13(18)6-4-12/h3-6,11,14H,7-10H2,1-2H3/t14-/m0/s1. The Hall–Kier alpha value is -2.48. The Kier molecular flexibility index (Phi) is 5.28. The molecule has 0 bridgehead atoms. The second-order valence-electron chi connectivity index (χ2n) is 6.11. The second kappa shape index (κ2) is 7.60. The third kappa shape index (κ3) is 4.33. The SMILES string of the molecule is CC(C)c1noc(OCC(=O)N2CCO[C@H](c3ccc(F)cc3)C2)n1. The lowest BCUT2D eigenvalue weighted by molar-refractivity contribution is -0.141. The van der Waals surface area contributed by atoms with Gasteiger partial charge in [-0.05, 0) is 17.7 Å². The van der Waals surface area contributed by atoms with Gasteiger partial charge in [0.1, 0.15) is 11.9 Å². The van der Waals surface area contributed by atoms with Crippen molar-refractivity contribution in [3.63, 3.8) is 0 Å². The maximum absolute atomic E-state index is 13.0. The topological polar surface area (TPSA) is 77.7 Å². The fourth-order valence-corrected chi connectivity index (χ4v) is 2.48. The normalized spacial score (nSPS) is 17.8. The van der Waals surface area contributed by atoms with Crippen molar-refractivity contribution in [2.75, 3.05) is 26.3 Å². The first-order chi connectivity index (χ1) is 12.0. The van der Waals surface area contributed by atoms with E-state index in [9.17, 15) is 9.18 Å². The molecule has 1 aromatic carbocycles. The molecule has 1 fully saturated rings. The van der Waals surface area contributed by atoms with E-state index in [1.54, 1.807) is 17.0 Å². The van der Waals surface area contributed by atoms with Crippen LogP contribution in [0, 0.1) is 5.82 Å². The summed E-state index contributed by atoms with van der Waals surface area (Å²) in [5, 5.41) is 3.78. The van der Waals surface area contributed by atoms with Gasteiger partial charge in [-0.25, -0.2) is 4.39 Å². The number of amides is 1. The quantitative estimate of drug-likeness (QED) is 0.824. The molecule has 134 valence electrons. The molecule has 0 N–H and O–H groups in total. The number of morpholine rings is 1. The molecule has 1 saturated heterocycles. The predicted molar refractivity (Wildman–Crippen MR) is 85.6 cm³/mol. The van der Waals surface area contributed by atoms with Gasteiger partial charge in [-0.2, -0.15) is 4.98 Å². The summed E-state index contributed by atoms with van der Waals surface area (Å²) < 4.78 is 28.9. The van der Waals surface area contributed by atoms with Gasteiger partial charge in [0.15, 0.2) is 12.4 Å². The number of nitrogens with zero attached hydrogens (tertiary/aromatic N) is 3. The summed E-state index contributed by atoms with van der Waals surface area (Å²) in [4.78, 5) is 18.1. The van der Waals surface area contributed by atoms with E-state index in [-0.39, 0.29) is 36.4 Å². The molecule has 1 aromatic heterocycles. The van der Waals surface area contributed by atoms with E-state index in [4.69, 9.17) is 14.0 Å². The molecule has 25 heavy (non-hydrogen) atoms. The molecule has 8 heteroatoms. The predicted octanol–water partition coefficient (Wildman–Crippen LogP) is 2.31. The van der Waals surface area contributed by atoms with Crippen LogP contribution in [-0.4, -0.2) is 47.3 Å². The Balaban J connectivity index is 1.55. The number of hydrogen-bond donors (Lipinski definition) is 0. The fraction of sp³-hybridized carbons (Fsp3) is 0.471. The molecule has 0 spiro atoms. The number of halogens is 1. The molecule has 1 aliphatic rings. The van der Waals surface area contributed by atoms with Gasteiger partial charge in [-0.3, -0.25) is 9.32 Å². The second-order valence-corrected chi connectivity index (χ2v) is 6.11. The highest BCUT2D eigenvalue weighted by atomic mass is 19.1. The molecule has 2 heterocycles. The van der Waals surface area contributed by atoms with Crippen LogP contribution in [0.1, 0.15) is 37.3 Å². The molecule has 1 aliphatic heterocycles. The van der Waals surface area contributed by atoms with Crippen molar-refractivity contribution >= 4 is 5.91 Å². The number of hydrogen-bond acceptors (Lipinski definition) is 6. The molecular weight excluding hydrogens is 329 g/mol. The van der Waals surface area contributed by atoms with Crippen LogP contribution in [0.4, 0.5) is 4.39 Å². The zero-order valence-electron chi connectivity index (χ0n) is 14.1. The van der Waals surface area contributed by atoms with E-state index in [1.807, 2.05) is 13.8 Å². The van der Waals surface area contributed by atoms with Crippen LogP contribution >= 0.6 is 0 Å². The van der Waals surface area contributed by atoms with Gasteiger partial charge in [0.25, 0.3) is 5.91 Å². The van der Waals surface area contributed by atoms with E-state index < -0.39 is 0 Å². The van der Waals surface area contributed by atoms with Crippen molar-refractivity contribution in [1.29, 1.82) is 0 Å². The Morgan fingerprint density at radius 2 is 2.16 bits per heavy atom. The van der Waals surface area contributed by atoms with E-state index in [1.165, 1.54) is 12.1 Å². The van der Waals surface area contributed by atoms with Crippen LogP contribution in [0.5, 0.6) is 6.08 Å². The lowest BCUT2D eigenvalue weighted by atomic mass is 10.1. The van der Waals surface area contributed by atoms with Crippen LogP contribution in [0.15, 0.2) is 28.8 Å². The minimum atomic E-state index is -0.304. The maximum atomic E-state index is 13.0. The smallest absolute Gasteiger partial charge is 0.417 e. The lowest BCUT2D eigenvalue weighted by Crippen LogP contribution is -2.44. The zero-order chi connectivity index (χ0) is 17.8. The van der Waals surface area contributed by atoms with E-state index >= 15 is 0 Å². The number of carbonyl (C=O) groups excluding carboxylic acids is 1. The Morgan fingerprint density at radius 3 is 2.84 bits per heavy atom. The molecule has 2 aromatic rings. The molecule has 0 saturated carbocycles. The largest absolute Gasteiger partial charge is 0.439 e. The fourth-order valence-electron chi connectivity index (χ4n) is 2.48. The molecule has 3 rings (SSSR count). The average molecular weight is 349 g/mol. The number of carbonyl (C=O) groups is 1. The number of aromatic nitrogens is 2. The van der Waals surface area contributed by atoms with Crippen LogP contribution in [0.25, 0.3) is 0 Å². The molecule has 0 radical (unpaired) electrons. The van der Waals surface area contributed by atoms with Crippen molar-refractivity contribution in [2.45, 2.75) is 25.9 Å². The lowest BCUT2D eigenvalue weighted by Gasteiger charge is -2.33. The highest BCUT2D eigenvalue weighted by Gasteiger charge is 2.26. The molecule has 7 nitrogen and oxygen atoms in total. The summed E-state index contributed by atoms with van der Waals surface area (Å²) in [5.74, 6) is 0.152. The molecule has 1 atom stereocenters. The minimum Gasteiger partial charge on any atom is -0.439 e. The van der Waals surface area contributed by atoms with Gasteiger partial charge in [0.2, 0.25) is 0 Å². The average Bonchev–Trinajstić information content (AvgIpc) is 3.10. The molecule has 1 amide bonds. The summed E-state index contributed by atoms with van der Waals surface area (Å²) >= 11 is 0. The summed E-state index contributed by atoms with van der Waals surface area (Å²) in [6.45, 7) is 4.95. The number of benzene rings is 1. The van der Waals surface area contributed by atoms with Crippen LogP contribution in [0.2, 0.25) is 0 Å². The Morgan fingerprint density at radius 1 is 1.40 bits per heavy atom. The van der Waals surface area contributed by atoms with Crippen LogP contribution < -0.4 is 4.74 Å². The van der Waals surface area contributed by atoms with Gasteiger partial charge in [-0.1, -0.05) is 31.1 Å². The summed E-state index contributed by atoms with van der Waals surface area (Å²) in [6, 6.07) is 6.08. The Labute approximate surface area is 144 Å². The van der Waals surface area contributed by atoms with Gasteiger partial charge >= 0.3 is 6.08 Å². The maximum Gasteiger partial charge on any atom is 0.417 e. The van der Waals surface area contributed by atoms with Gasteiger partial charge in [0, 0.05) is 12.5 Å². The van der Waals surface area contributed by atoms with Crippen LogP contribution in [0.3, 0.4) is 0 Å². The highest BCUT2D eigenvalue weighted by molar-refractivity contribution is 5.77. The summed E-state index contributed by atoms with van der Waals surface area (Å²) in [7, 11) is 0. The van der Waals surface area contributed by atoms with Crippen molar-refractivity contribution < 1.29 is 23.2 Å². The third-order valence-corrected chi connectivity index (χ3v) is 3.92. The minimum absolute atomic E-state index is 0.0135. The van der Waals surface area contributed by atoms with Gasteiger partial charge in [0.05, 0.1) is 13.2 Å². The first kappa shape index (κ1) is 17.3. The molecule has 0 aliphatic carbocycles. The van der Waals surface area contributed by atoms with Crippen LogP contribution in [-0.2, 0) is 9.53 Å². The van der Waals surface area contributed by atoms with E-state index in [2.05, 4.69) is 10.1 Å². The summed E-state index contributed by atoms with van der Waals surface area (Å²) in [5.41, 5.74) is 0.832. The highest BCUT2D eigenvalue weighted by Crippen LogP contribution is 2.22. The van der Waals surface area contributed by atoms with Gasteiger partial charge < -0.3 is 14.4 Å². The molecule has 0 unspecified atom stereocenters. The van der Waals surface area contributed by atoms with E-state index in [0.717, 1.165) is 5.56 Å². The third-order valence-electron chi connectivity index (χ3n) is 3.92. The zero-order valence-corrected chi connectivity index (χ0v) is 14.1. The van der Waals surface area contributed by atoms with E-state index in [0.29, 0.717) is 25.5 Å². The van der Waals surface area contributed by atoms with Crippen molar-refractivity contribution in [3.8, 4) is 6.08 Å².